The normalized spacial score (nSPS) is 14.8. The van der Waals surface area contributed by atoms with E-state index in [1.807, 2.05) is 11.9 Å². The molecule has 0 aliphatic heterocycles. The Morgan fingerprint density at radius 1 is 1.56 bits per heavy atom. The van der Waals surface area contributed by atoms with Crippen molar-refractivity contribution in [1.82, 2.24) is 10.2 Å². The van der Waals surface area contributed by atoms with Crippen molar-refractivity contribution in [1.29, 1.82) is 0 Å². The molecule has 2 rings (SSSR count). The predicted octanol–water partition coefficient (Wildman–Crippen LogP) is 1.12. The molecule has 0 saturated heterocycles. The number of nitrogen functional groups attached to an aromatic ring is 1. The van der Waals surface area contributed by atoms with Crippen molar-refractivity contribution in [3.05, 3.63) is 29.6 Å². The Morgan fingerprint density at radius 3 is 2.89 bits per heavy atom. The number of halogens is 1. The molecular formula is C13H18FN3O. The van der Waals surface area contributed by atoms with E-state index in [-0.39, 0.29) is 11.6 Å². The Labute approximate surface area is 106 Å². The highest BCUT2D eigenvalue weighted by Crippen LogP contribution is 2.18. The van der Waals surface area contributed by atoms with Crippen LogP contribution in [-0.2, 0) is 11.3 Å². The summed E-state index contributed by atoms with van der Waals surface area (Å²) < 4.78 is 13.2. The Morgan fingerprint density at radius 2 is 2.28 bits per heavy atom. The SMILES string of the molecule is CN(CC(=O)NC1CC1)Cc1ccc(N)c(F)c1. The maximum atomic E-state index is 13.2. The van der Waals surface area contributed by atoms with Crippen LogP contribution in [0.1, 0.15) is 18.4 Å². The van der Waals surface area contributed by atoms with Gasteiger partial charge in [-0.1, -0.05) is 6.07 Å². The number of carbonyl (C=O) groups is 1. The average Bonchev–Trinajstić information content (AvgIpc) is 3.07. The van der Waals surface area contributed by atoms with E-state index in [1.165, 1.54) is 6.07 Å². The molecule has 98 valence electrons. The zero-order valence-corrected chi connectivity index (χ0v) is 10.4. The summed E-state index contributed by atoms with van der Waals surface area (Å²) in [6, 6.07) is 5.10. The fraction of sp³-hybridized carbons (Fsp3) is 0.462. The van der Waals surface area contributed by atoms with Crippen molar-refractivity contribution >= 4 is 11.6 Å². The van der Waals surface area contributed by atoms with Crippen LogP contribution in [0.25, 0.3) is 0 Å². The second-order valence-electron chi connectivity index (χ2n) is 4.87. The molecule has 1 amide bonds. The number of hydrogen-bond donors (Lipinski definition) is 2. The maximum Gasteiger partial charge on any atom is 0.234 e. The molecule has 0 unspecified atom stereocenters. The molecule has 1 saturated carbocycles. The minimum absolute atomic E-state index is 0.0240. The first-order valence-electron chi connectivity index (χ1n) is 6.06. The van der Waals surface area contributed by atoms with Crippen LogP contribution in [0.3, 0.4) is 0 Å². The second-order valence-corrected chi connectivity index (χ2v) is 4.87. The molecule has 5 heteroatoms. The Bertz CT molecular complexity index is 446. The standard InChI is InChI=1S/C13H18FN3O/c1-17(8-13(18)16-10-3-4-10)7-9-2-5-12(15)11(14)6-9/h2,5-6,10H,3-4,7-8,15H2,1H3,(H,16,18). The van der Waals surface area contributed by atoms with E-state index in [1.54, 1.807) is 12.1 Å². The van der Waals surface area contributed by atoms with Crippen LogP contribution < -0.4 is 11.1 Å². The van der Waals surface area contributed by atoms with Crippen molar-refractivity contribution in [2.24, 2.45) is 0 Å². The van der Waals surface area contributed by atoms with Gasteiger partial charge < -0.3 is 11.1 Å². The van der Waals surface area contributed by atoms with Crippen molar-refractivity contribution in [2.45, 2.75) is 25.4 Å². The zero-order chi connectivity index (χ0) is 13.1. The lowest BCUT2D eigenvalue weighted by atomic mass is 10.2. The number of rotatable bonds is 5. The average molecular weight is 251 g/mol. The molecule has 0 bridgehead atoms. The van der Waals surface area contributed by atoms with E-state index in [0.717, 1.165) is 18.4 Å². The molecule has 1 aliphatic rings. The van der Waals surface area contributed by atoms with Crippen LogP contribution in [0, 0.1) is 5.82 Å². The molecule has 3 N–H and O–H groups in total. The minimum atomic E-state index is -0.414. The molecule has 0 atom stereocenters. The number of nitrogens with zero attached hydrogens (tertiary/aromatic N) is 1. The van der Waals surface area contributed by atoms with E-state index in [4.69, 9.17) is 5.73 Å². The van der Waals surface area contributed by atoms with Gasteiger partial charge in [0.2, 0.25) is 5.91 Å². The third kappa shape index (κ3) is 3.70. The molecule has 0 aromatic heterocycles. The first-order chi connectivity index (χ1) is 8.54. The highest BCUT2D eigenvalue weighted by atomic mass is 19.1. The number of hydrogen-bond acceptors (Lipinski definition) is 3. The van der Waals surface area contributed by atoms with Crippen molar-refractivity contribution in [3.8, 4) is 0 Å². The summed E-state index contributed by atoms with van der Waals surface area (Å²) in [5.74, 6) is -0.390. The molecule has 0 radical (unpaired) electrons. The maximum absolute atomic E-state index is 13.2. The number of amides is 1. The van der Waals surface area contributed by atoms with Gasteiger partial charge in [-0.05, 0) is 37.6 Å². The van der Waals surface area contributed by atoms with Crippen molar-refractivity contribution < 1.29 is 9.18 Å². The fourth-order valence-electron chi connectivity index (χ4n) is 1.78. The van der Waals surface area contributed by atoms with Gasteiger partial charge in [-0.25, -0.2) is 4.39 Å². The summed E-state index contributed by atoms with van der Waals surface area (Å²) in [6.07, 6.45) is 2.16. The number of benzene rings is 1. The smallest absolute Gasteiger partial charge is 0.234 e. The number of likely N-dealkylation sites (N-methyl/N-ethyl adjacent to an activating group) is 1. The highest BCUT2D eigenvalue weighted by molar-refractivity contribution is 5.78. The van der Waals surface area contributed by atoms with Crippen molar-refractivity contribution in [2.75, 3.05) is 19.3 Å². The number of nitrogens with two attached hydrogens (primary N) is 1. The van der Waals surface area contributed by atoms with E-state index in [9.17, 15) is 9.18 Å². The highest BCUT2D eigenvalue weighted by Gasteiger charge is 2.23. The van der Waals surface area contributed by atoms with E-state index in [2.05, 4.69) is 5.32 Å². The molecule has 0 heterocycles. The van der Waals surface area contributed by atoms with Crippen LogP contribution in [0.5, 0.6) is 0 Å². The van der Waals surface area contributed by atoms with Gasteiger partial charge in [0, 0.05) is 12.6 Å². The third-order valence-corrected chi connectivity index (χ3v) is 2.87. The van der Waals surface area contributed by atoms with Crippen LogP contribution in [-0.4, -0.2) is 30.4 Å². The molecule has 18 heavy (non-hydrogen) atoms. The molecule has 0 spiro atoms. The van der Waals surface area contributed by atoms with Gasteiger partial charge in [-0.3, -0.25) is 9.69 Å². The molecule has 1 aromatic rings. The summed E-state index contributed by atoms with van der Waals surface area (Å²) in [6.45, 7) is 0.845. The lowest BCUT2D eigenvalue weighted by molar-refractivity contribution is -0.122. The van der Waals surface area contributed by atoms with Crippen molar-refractivity contribution in [3.63, 3.8) is 0 Å². The summed E-state index contributed by atoms with van der Waals surface area (Å²) in [4.78, 5) is 13.4. The zero-order valence-electron chi connectivity index (χ0n) is 10.4. The first kappa shape index (κ1) is 12.8. The van der Waals surface area contributed by atoms with E-state index in [0.29, 0.717) is 19.1 Å². The Hall–Kier alpha value is -1.62. The van der Waals surface area contributed by atoms with Crippen LogP contribution in [0.15, 0.2) is 18.2 Å². The molecular weight excluding hydrogens is 233 g/mol. The molecule has 4 nitrogen and oxygen atoms in total. The van der Waals surface area contributed by atoms with Gasteiger partial charge in [-0.15, -0.1) is 0 Å². The number of anilines is 1. The lowest BCUT2D eigenvalue weighted by Gasteiger charge is -2.16. The largest absolute Gasteiger partial charge is 0.396 e. The second kappa shape index (κ2) is 5.35. The van der Waals surface area contributed by atoms with Crippen LogP contribution >= 0.6 is 0 Å². The van der Waals surface area contributed by atoms with Crippen LogP contribution in [0.2, 0.25) is 0 Å². The summed E-state index contributed by atoms with van der Waals surface area (Å²) in [7, 11) is 1.83. The Kier molecular flexibility index (Phi) is 3.81. The summed E-state index contributed by atoms with van der Waals surface area (Å²) in [5.41, 5.74) is 6.36. The summed E-state index contributed by atoms with van der Waals surface area (Å²) >= 11 is 0. The number of carbonyl (C=O) groups excluding carboxylic acids is 1. The lowest BCUT2D eigenvalue weighted by Crippen LogP contribution is -2.35. The van der Waals surface area contributed by atoms with E-state index >= 15 is 0 Å². The molecule has 1 aromatic carbocycles. The van der Waals surface area contributed by atoms with Gasteiger partial charge in [0.15, 0.2) is 0 Å². The first-order valence-corrected chi connectivity index (χ1v) is 6.06. The van der Waals surface area contributed by atoms with Gasteiger partial charge >= 0.3 is 0 Å². The third-order valence-electron chi connectivity index (χ3n) is 2.87. The minimum Gasteiger partial charge on any atom is -0.396 e. The fourth-order valence-corrected chi connectivity index (χ4v) is 1.78. The Balaban J connectivity index is 1.83. The molecule has 1 fully saturated rings. The van der Waals surface area contributed by atoms with Crippen LogP contribution in [0.4, 0.5) is 10.1 Å². The van der Waals surface area contributed by atoms with Gasteiger partial charge in [-0.2, -0.15) is 0 Å². The van der Waals surface area contributed by atoms with E-state index < -0.39 is 5.82 Å². The molecule has 1 aliphatic carbocycles. The predicted molar refractivity (Wildman–Crippen MR) is 68.3 cm³/mol. The van der Waals surface area contributed by atoms with Gasteiger partial charge in [0.05, 0.1) is 12.2 Å². The van der Waals surface area contributed by atoms with Gasteiger partial charge in [0.1, 0.15) is 5.82 Å². The van der Waals surface area contributed by atoms with Gasteiger partial charge in [0.25, 0.3) is 0 Å². The number of nitrogens with one attached hydrogen (secondary N) is 1. The summed E-state index contributed by atoms with van der Waals surface area (Å²) in [5, 5.41) is 2.92. The quantitative estimate of drug-likeness (QED) is 0.771. The monoisotopic (exact) mass is 251 g/mol. The topological polar surface area (TPSA) is 58.4 Å².